The number of aromatic nitrogens is 1. The van der Waals surface area contributed by atoms with E-state index in [-0.39, 0.29) is 21.1 Å². The molecule has 0 fully saturated rings. The maximum Gasteiger partial charge on any atom is 2.00 e. The molecule has 114 valence electrons. The van der Waals surface area contributed by atoms with Gasteiger partial charge in [0, 0.05) is 6.20 Å². The van der Waals surface area contributed by atoms with E-state index < -0.39 is 0 Å². The minimum Gasteiger partial charge on any atom is -0.301 e. The largest absolute Gasteiger partial charge is 2.00 e. The molecule has 0 aliphatic rings. The fourth-order valence-corrected chi connectivity index (χ4v) is 1.83. The van der Waals surface area contributed by atoms with Crippen molar-refractivity contribution in [3.8, 4) is 0 Å². The Kier molecular flexibility index (Phi) is 6.58. The average molecular weight is 478 g/mol. The number of pyridine rings is 1. The first-order valence-electron chi connectivity index (χ1n) is 6.88. The average Bonchev–Trinajstić information content (AvgIpc) is 2.61. The van der Waals surface area contributed by atoms with Crippen LogP contribution in [-0.4, -0.2) is 17.4 Å². The van der Waals surface area contributed by atoms with Crippen molar-refractivity contribution in [1.29, 1.82) is 0 Å². The molecule has 0 saturated heterocycles. The van der Waals surface area contributed by atoms with Crippen LogP contribution in [0.4, 0.5) is 11.5 Å². The van der Waals surface area contributed by atoms with Crippen LogP contribution < -0.4 is 0 Å². The summed E-state index contributed by atoms with van der Waals surface area (Å²) < 4.78 is 0. The van der Waals surface area contributed by atoms with Crippen LogP contribution in [0.2, 0.25) is 0 Å². The Labute approximate surface area is 150 Å². The van der Waals surface area contributed by atoms with E-state index in [2.05, 4.69) is 27.1 Å². The van der Waals surface area contributed by atoms with Gasteiger partial charge in [0.05, 0.1) is 5.69 Å². The predicted molar refractivity (Wildman–Crippen MR) is 89.3 cm³/mol. The zero-order chi connectivity index (χ0) is 15.0. The third-order valence-electron chi connectivity index (χ3n) is 2.90. The zero-order valence-electron chi connectivity index (χ0n) is 12.2. The SMILES string of the molecule is [Pt+2].[c-]1ccccc1C=Nc1cccnc1/N=C/c1[c-]cccc1. The molecule has 1 aromatic heterocycles. The van der Waals surface area contributed by atoms with E-state index in [9.17, 15) is 0 Å². The first kappa shape index (κ1) is 17.0. The Hall–Kier alpha value is -2.38. The number of benzene rings is 2. The molecule has 0 spiro atoms. The van der Waals surface area contributed by atoms with Gasteiger partial charge in [0.1, 0.15) is 0 Å². The Balaban J connectivity index is 0.00000192. The van der Waals surface area contributed by atoms with E-state index in [0.29, 0.717) is 11.5 Å². The van der Waals surface area contributed by atoms with Crippen molar-refractivity contribution in [2.45, 2.75) is 0 Å². The van der Waals surface area contributed by atoms with E-state index in [1.165, 1.54) is 0 Å². The molecule has 0 aliphatic carbocycles. The van der Waals surface area contributed by atoms with Crippen LogP contribution in [0.25, 0.3) is 0 Å². The molecule has 4 heteroatoms. The summed E-state index contributed by atoms with van der Waals surface area (Å²) in [6, 6.07) is 25.3. The van der Waals surface area contributed by atoms with Crippen molar-refractivity contribution < 1.29 is 21.1 Å². The van der Waals surface area contributed by atoms with Crippen LogP contribution in [0.15, 0.2) is 76.8 Å². The van der Waals surface area contributed by atoms with E-state index >= 15 is 0 Å². The molecule has 0 aliphatic heterocycles. The summed E-state index contributed by atoms with van der Waals surface area (Å²) in [5.41, 5.74) is 2.53. The van der Waals surface area contributed by atoms with Crippen molar-refractivity contribution >= 4 is 23.9 Å². The van der Waals surface area contributed by atoms with Gasteiger partial charge in [-0.2, -0.15) is 0 Å². The molecular weight excluding hydrogens is 465 g/mol. The Morgan fingerprint density at radius 3 is 2.04 bits per heavy atom. The Bertz CT molecular complexity index is 715. The van der Waals surface area contributed by atoms with Gasteiger partial charge in [0.15, 0.2) is 5.82 Å². The monoisotopic (exact) mass is 478 g/mol. The van der Waals surface area contributed by atoms with Crippen molar-refractivity contribution in [3.63, 3.8) is 0 Å². The second kappa shape index (κ2) is 8.92. The van der Waals surface area contributed by atoms with Gasteiger partial charge in [0.2, 0.25) is 0 Å². The van der Waals surface area contributed by atoms with Crippen LogP contribution in [-0.2, 0) is 21.1 Å². The normalized spacial score (nSPS) is 10.8. The van der Waals surface area contributed by atoms with E-state index in [0.717, 1.165) is 11.1 Å². The minimum absolute atomic E-state index is 0. The summed E-state index contributed by atoms with van der Waals surface area (Å²) in [7, 11) is 0. The smallest absolute Gasteiger partial charge is 0.301 e. The van der Waals surface area contributed by atoms with Gasteiger partial charge < -0.3 is 4.99 Å². The molecule has 0 N–H and O–H groups in total. The molecule has 0 atom stereocenters. The van der Waals surface area contributed by atoms with Gasteiger partial charge >= 0.3 is 21.1 Å². The van der Waals surface area contributed by atoms with Gasteiger partial charge in [-0.05, 0) is 24.6 Å². The quantitative estimate of drug-likeness (QED) is 0.410. The van der Waals surface area contributed by atoms with Crippen molar-refractivity contribution in [3.05, 3.63) is 90.1 Å². The summed E-state index contributed by atoms with van der Waals surface area (Å²) in [6.07, 6.45) is 5.19. The molecule has 2 aromatic carbocycles. The van der Waals surface area contributed by atoms with E-state index in [1.807, 2.05) is 60.7 Å². The minimum atomic E-state index is 0. The molecule has 3 aromatic rings. The molecule has 3 rings (SSSR count). The first-order valence-corrected chi connectivity index (χ1v) is 6.88. The molecule has 0 saturated carbocycles. The van der Waals surface area contributed by atoms with Crippen molar-refractivity contribution in [2.24, 2.45) is 9.98 Å². The van der Waals surface area contributed by atoms with Gasteiger partial charge in [-0.3, -0.25) is 4.99 Å². The molecule has 0 bridgehead atoms. The van der Waals surface area contributed by atoms with E-state index in [1.54, 1.807) is 18.6 Å². The molecule has 23 heavy (non-hydrogen) atoms. The molecule has 0 amide bonds. The van der Waals surface area contributed by atoms with Crippen molar-refractivity contribution in [1.82, 2.24) is 4.98 Å². The summed E-state index contributed by atoms with van der Waals surface area (Å²) >= 11 is 0. The Morgan fingerprint density at radius 1 is 0.783 bits per heavy atom. The molecule has 0 radical (unpaired) electrons. The summed E-state index contributed by atoms with van der Waals surface area (Å²) in [4.78, 5) is 13.1. The first-order chi connectivity index (χ1) is 10.9. The molecule has 0 unspecified atom stereocenters. The number of aliphatic imine (C=N–C) groups is 2. The van der Waals surface area contributed by atoms with Crippen LogP contribution in [0, 0.1) is 12.1 Å². The number of nitrogens with zero attached hydrogens (tertiary/aromatic N) is 3. The van der Waals surface area contributed by atoms with Gasteiger partial charge in [-0.15, -0.1) is 71.8 Å². The van der Waals surface area contributed by atoms with Crippen LogP contribution in [0.3, 0.4) is 0 Å². The molecule has 3 nitrogen and oxygen atoms in total. The molecular formula is C19H13N3Pt. The topological polar surface area (TPSA) is 37.6 Å². The number of rotatable bonds is 4. The van der Waals surface area contributed by atoms with Crippen LogP contribution in [0.5, 0.6) is 0 Å². The van der Waals surface area contributed by atoms with Gasteiger partial charge in [0.25, 0.3) is 0 Å². The zero-order valence-corrected chi connectivity index (χ0v) is 14.4. The van der Waals surface area contributed by atoms with Gasteiger partial charge in [-0.1, -0.05) is 0 Å². The fraction of sp³-hybridized carbons (Fsp3) is 0. The maximum absolute atomic E-state index is 4.45. The number of hydrogen-bond acceptors (Lipinski definition) is 3. The summed E-state index contributed by atoms with van der Waals surface area (Å²) in [6.45, 7) is 0. The Morgan fingerprint density at radius 2 is 1.43 bits per heavy atom. The number of hydrogen-bond donors (Lipinski definition) is 0. The van der Waals surface area contributed by atoms with Crippen LogP contribution in [0.1, 0.15) is 11.1 Å². The fourth-order valence-electron chi connectivity index (χ4n) is 1.83. The van der Waals surface area contributed by atoms with Gasteiger partial charge in [-0.25, -0.2) is 4.98 Å². The maximum atomic E-state index is 4.45. The third kappa shape index (κ3) is 5.08. The molecule has 1 heterocycles. The second-order valence-electron chi connectivity index (χ2n) is 4.50. The van der Waals surface area contributed by atoms with Crippen LogP contribution >= 0.6 is 0 Å². The van der Waals surface area contributed by atoms with E-state index in [4.69, 9.17) is 0 Å². The van der Waals surface area contributed by atoms with Crippen molar-refractivity contribution in [2.75, 3.05) is 0 Å². The third-order valence-corrected chi connectivity index (χ3v) is 2.90. The summed E-state index contributed by atoms with van der Waals surface area (Å²) in [5, 5.41) is 0. The predicted octanol–water partition coefficient (Wildman–Crippen LogP) is 4.18. The standard InChI is InChI=1S/C19H13N3.Pt/c1-3-8-16(9-4-1)14-21-18-12-7-13-20-19(18)22-15-17-10-5-2-6-11-17;/h1-8,10,12-15H;/q-2;+2/b21-14?,22-15+;. The second-order valence-corrected chi connectivity index (χ2v) is 4.50. The summed E-state index contributed by atoms with van der Waals surface area (Å²) in [5.74, 6) is 0.576.